The molecule has 7 heteroatoms. The number of rotatable bonds is 5. The molecule has 4 rings (SSSR count). The van der Waals surface area contributed by atoms with E-state index in [-0.39, 0.29) is 0 Å². The molecule has 1 aliphatic heterocycles. The van der Waals surface area contributed by atoms with Gasteiger partial charge in [-0.2, -0.15) is 5.10 Å². The third kappa shape index (κ3) is 3.94. The van der Waals surface area contributed by atoms with E-state index in [4.69, 9.17) is 0 Å². The molecule has 0 aromatic carbocycles. The van der Waals surface area contributed by atoms with E-state index < -0.39 is 0 Å². The van der Waals surface area contributed by atoms with Crippen molar-refractivity contribution in [3.05, 3.63) is 53.0 Å². The predicted molar refractivity (Wildman–Crippen MR) is 119 cm³/mol. The molecule has 1 saturated heterocycles. The Bertz CT molecular complexity index is 1020. The Morgan fingerprint density at radius 3 is 2.47 bits per heavy atom. The number of nitrogens with zero attached hydrogens (tertiary/aromatic N) is 7. The number of hydrogen-bond acceptors (Lipinski definition) is 6. The minimum atomic E-state index is 0.561. The van der Waals surface area contributed by atoms with Crippen LogP contribution in [0.1, 0.15) is 35.2 Å². The lowest BCUT2D eigenvalue weighted by molar-refractivity contribution is 0.197. The molecule has 158 valence electrons. The Labute approximate surface area is 178 Å². The zero-order valence-corrected chi connectivity index (χ0v) is 18.6. The van der Waals surface area contributed by atoms with Crippen molar-refractivity contribution in [2.75, 3.05) is 25.0 Å². The van der Waals surface area contributed by atoms with Gasteiger partial charge in [0.05, 0.1) is 11.4 Å². The number of aryl methyl sites for hydroxylation is 2. The quantitative estimate of drug-likeness (QED) is 0.649. The van der Waals surface area contributed by atoms with Crippen LogP contribution in [0.4, 0.5) is 5.82 Å². The maximum Gasteiger partial charge on any atom is 0.154 e. The summed E-state index contributed by atoms with van der Waals surface area (Å²) in [5, 5.41) is 13.5. The first kappa shape index (κ1) is 20.5. The molecule has 0 radical (unpaired) electrons. The lowest BCUT2D eigenvalue weighted by Gasteiger charge is -2.37. The van der Waals surface area contributed by atoms with E-state index in [1.54, 1.807) is 6.20 Å². The van der Waals surface area contributed by atoms with Gasteiger partial charge in [-0.15, -0.1) is 10.2 Å². The highest BCUT2D eigenvalue weighted by molar-refractivity contribution is 5.64. The molecule has 0 atom stereocenters. The summed E-state index contributed by atoms with van der Waals surface area (Å²) < 4.78 is 1.85. The summed E-state index contributed by atoms with van der Waals surface area (Å²) in [5.41, 5.74) is 6.73. The zero-order valence-electron chi connectivity index (χ0n) is 18.6. The van der Waals surface area contributed by atoms with Gasteiger partial charge in [-0.25, -0.2) is 0 Å². The highest BCUT2D eigenvalue weighted by Crippen LogP contribution is 2.29. The van der Waals surface area contributed by atoms with Gasteiger partial charge in [0.2, 0.25) is 0 Å². The summed E-state index contributed by atoms with van der Waals surface area (Å²) in [6, 6.07) is 6.69. The molecule has 0 unspecified atom stereocenters. The number of piperidine rings is 1. The fourth-order valence-corrected chi connectivity index (χ4v) is 4.31. The van der Waals surface area contributed by atoms with Crippen LogP contribution < -0.4 is 4.90 Å². The normalized spacial score (nSPS) is 15.2. The predicted octanol–water partition coefficient (Wildman–Crippen LogP) is 3.30. The highest BCUT2D eigenvalue weighted by atomic mass is 15.3. The average molecular weight is 406 g/mol. The van der Waals surface area contributed by atoms with Crippen molar-refractivity contribution in [1.82, 2.24) is 29.9 Å². The second kappa shape index (κ2) is 8.52. The summed E-state index contributed by atoms with van der Waals surface area (Å²) in [5.74, 6) is 1.01. The van der Waals surface area contributed by atoms with Crippen LogP contribution in [0, 0.1) is 20.8 Å². The number of hydrogen-bond donors (Lipinski definition) is 0. The van der Waals surface area contributed by atoms with Gasteiger partial charge in [-0.1, -0.05) is 6.07 Å². The molecule has 0 aliphatic carbocycles. The lowest BCUT2D eigenvalue weighted by atomic mass is 10.0. The molecule has 7 nitrogen and oxygen atoms in total. The van der Waals surface area contributed by atoms with Crippen LogP contribution in [0.25, 0.3) is 11.4 Å². The van der Waals surface area contributed by atoms with Gasteiger partial charge in [0.1, 0.15) is 5.69 Å². The molecule has 1 aliphatic rings. The van der Waals surface area contributed by atoms with Gasteiger partial charge >= 0.3 is 0 Å². The van der Waals surface area contributed by atoms with E-state index in [1.165, 1.54) is 22.4 Å². The first-order valence-electron chi connectivity index (χ1n) is 10.6. The third-order valence-electron chi connectivity index (χ3n) is 6.47. The molecule has 4 heterocycles. The standard InChI is InChI=1S/C23H31N7/c1-16-7-6-11-24-20(16)15-28(4)19-9-13-30(14-10-19)23-18(3)17(2)22(26-27-23)21-8-12-25-29(21)5/h6-8,11-12,19H,9-10,13-15H2,1-5H3. The SMILES string of the molecule is Cc1cccnc1CN(C)C1CCN(c2nnc(-c3ccnn3C)c(C)c2C)CC1. The molecular formula is C23H31N7. The fourth-order valence-electron chi connectivity index (χ4n) is 4.31. The van der Waals surface area contributed by atoms with E-state index >= 15 is 0 Å². The summed E-state index contributed by atoms with van der Waals surface area (Å²) >= 11 is 0. The lowest BCUT2D eigenvalue weighted by Crippen LogP contribution is -2.44. The van der Waals surface area contributed by atoms with Gasteiger partial charge in [0.15, 0.2) is 5.82 Å². The van der Waals surface area contributed by atoms with Crippen molar-refractivity contribution in [2.24, 2.45) is 7.05 Å². The maximum absolute atomic E-state index is 4.62. The van der Waals surface area contributed by atoms with Crippen molar-refractivity contribution < 1.29 is 0 Å². The fraction of sp³-hybridized carbons (Fsp3) is 0.478. The molecule has 0 amide bonds. The topological polar surface area (TPSA) is 63.0 Å². The molecule has 0 N–H and O–H groups in total. The minimum Gasteiger partial charge on any atom is -0.355 e. The molecule has 0 bridgehead atoms. The number of anilines is 1. The zero-order chi connectivity index (χ0) is 21.3. The van der Waals surface area contributed by atoms with Gasteiger partial charge in [-0.05, 0) is 69.5 Å². The first-order valence-corrected chi connectivity index (χ1v) is 10.6. The van der Waals surface area contributed by atoms with E-state index in [0.717, 1.165) is 49.7 Å². The van der Waals surface area contributed by atoms with E-state index in [1.807, 2.05) is 30.1 Å². The number of aromatic nitrogens is 5. The van der Waals surface area contributed by atoms with Crippen molar-refractivity contribution >= 4 is 5.82 Å². The highest BCUT2D eigenvalue weighted by Gasteiger charge is 2.26. The Balaban J connectivity index is 1.43. The van der Waals surface area contributed by atoms with Gasteiger partial charge in [0.25, 0.3) is 0 Å². The number of pyridine rings is 1. The first-order chi connectivity index (χ1) is 14.5. The van der Waals surface area contributed by atoms with Crippen LogP contribution in [0.3, 0.4) is 0 Å². The Kier molecular flexibility index (Phi) is 5.81. The summed E-state index contributed by atoms with van der Waals surface area (Å²) in [6.07, 6.45) is 5.92. The van der Waals surface area contributed by atoms with Gasteiger partial charge in [0, 0.05) is 45.1 Å². The summed E-state index contributed by atoms with van der Waals surface area (Å²) in [7, 11) is 4.15. The third-order valence-corrected chi connectivity index (χ3v) is 6.47. The Hall–Kier alpha value is -2.80. The monoisotopic (exact) mass is 405 g/mol. The van der Waals surface area contributed by atoms with E-state index in [0.29, 0.717) is 6.04 Å². The summed E-state index contributed by atoms with van der Waals surface area (Å²) in [6.45, 7) is 9.31. The molecule has 0 spiro atoms. The van der Waals surface area contributed by atoms with Crippen LogP contribution in [-0.4, -0.2) is 56.0 Å². The van der Waals surface area contributed by atoms with Crippen LogP contribution in [0.2, 0.25) is 0 Å². The molecule has 1 fully saturated rings. The van der Waals surface area contributed by atoms with Crippen molar-refractivity contribution in [1.29, 1.82) is 0 Å². The Morgan fingerprint density at radius 2 is 1.80 bits per heavy atom. The van der Waals surface area contributed by atoms with Gasteiger partial charge < -0.3 is 4.90 Å². The average Bonchev–Trinajstić information content (AvgIpc) is 3.17. The maximum atomic E-state index is 4.62. The van der Waals surface area contributed by atoms with E-state index in [9.17, 15) is 0 Å². The van der Waals surface area contributed by atoms with Crippen LogP contribution in [0.15, 0.2) is 30.6 Å². The second-order valence-corrected chi connectivity index (χ2v) is 8.36. The van der Waals surface area contributed by atoms with E-state index in [2.05, 4.69) is 64.0 Å². The van der Waals surface area contributed by atoms with Crippen LogP contribution in [-0.2, 0) is 13.6 Å². The largest absolute Gasteiger partial charge is 0.355 e. The van der Waals surface area contributed by atoms with Crippen molar-refractivity contribution in [2.45, 2.75) is 46.2 Å². The Morgan fingerprint density at radius 1 is 1.03 bits per heavy atom. The molecular weight excluding hydrogens is 374 g/mol. The van der Waals surface area contributed by atoms with Gasteiger partial charge in [-0.3, -0.25) is 14.6 Å². The smallest absolute Gasteiger partial charge is 0.154 e. The second-order valence-electron chi connectivity index (χ2n) is 8.36. The van der Waals surface area contributed by atoms with Crippen LogP contribution >= 0.6 is 0 Å². The molecule has 3 aromatic heterocycles. The minimum absolute atomic E-state index is 0.561. The van der Waals surface area contributed by atoms with Crippen molar-refractivity contribution in [3.63, 3.8) is 0 Å². The molecule has 0 saturated carbocycles. The summed E-state index contributed by atoms with van der Waals surface area (Å²) in [4.78, 5) is 9.39. The van der Waals surface area contributed by atoms with Crippen LogP contribution in [0.5, 0.6) is 0 Å². The molecule has 30 heavy (non-hydrogen) atoms. The van der Waals surface area contributed by atoms with Crippen molar-refractivity contribution in [3.8, 4) is 11.4 Å². The molecule has 3 aromatic rings.